The van der Waals surface area contributed by atoms with E-state index >= 15 is 0 Å². The number of halogens is 2. The minimum absolute atomic E-state index is 0.0239. The quantitative estimate of drug-likeness (QED) is 0.470. The van der Waals surface area contributed by atoms with Crippen molar-refractivity contribution in [2.75, 3.05) is 31.2 Å². The van der Waals surface area contributed by atoms with E-state index in [1.165, 1.54) is 24.5 Å². The van der Waals surface area contributed by atoms with Crippen LogP contribution in [0.5, 0.6) is 0 Å². The summed E-state index contributed by atoms with van der Waals surface area (Å²) in [5, 5.41) is 15.5. The molecule has 0 spiro atoms. The van der Waals surface area contributed by atoms with Gasteiger partial charge in [0.2, 0.25) is 0 Å². The Kier molecular flexibility index (Phi) is 6.23. The Morgan fingerprint density at radius 2 is 1.86 bits per heavy atom. The summed E-state index contributed by atoms with van der Waals surface area (Å²) < 4.78 is 36.3. The molecule has 0 saturated carbocycles. The van der Waals surface area contributed by atoms with Crippen LogP contribution < -0.4 is 10.5 Å². The van der Waals surface area contributed by atoms with Gasteiger partial charge in [0, 0.05) is 54.0 Å². The van der Waals surface area contributed by atoms with Crippen molar-refractivity contribution < 1.29 is 18.6 Å². The van der Waals surface area contributed by atoms with Crippen LogP contribution in [-0.2, 0) is 11.3 Å². The van der Waals surface area contributed by atoms with Crippen LogP contribution in [0.15, 0.2) is 53.6 Å². The molecule has 1 aliphatic rings. The third kappa shape index (κ3) is 4.38. The predicted octanol–water partition coefficient (Wildman–Crippen LogP) is 3.07. The maximum atomic E-state index is 15.0. The lowest BCUT2D eigenvalue weighted by molar-refractivity contribution is 0.122. The molecule has 1 aliphatic heterocycles. The molecule has 0 aliphatic carbocycles. The summed E-state index contributed by atoms with van der Waals surface area (Å²) in [5.41, 5.74) is 1.45. The summed E-state index contributed by atoms with van der Waals surface area (Å²) in [7, 11) is 0. The second-order valence-corrected chi connectivity index (χ2v) is 8.19. The number of aromatic nitrogens is 4. The van der Waals surface area contributed by atoms with Gasteiger partial charge in [0.05, 0.1) is 30.1 Å². The van der Waals surface area contributed by atoms with Gasteiger partial charge in [-0.15, -0.1) is 0 Å². The lowest BCUT2D eigenvalue weighted by atomic mass is 9.98. The van der Waals surface area contributed by atoms with E-state index in [0.717, 1.165) is 29.5 Å². The molecule has 0 bridgehead atoms. The van der Waals surface area contributed by atoms with Crippen molar-refractivity contribution in [2.45, 2.75) is 19.6 Å². The van der Waals surface area contributed by atoms with Crippen LogP contribution in [0.2, 0.25) is 0 Å². The number of hydrogen-bond acceptors (Lipinski definition) is 7. The molecule has 35 heavy (non-hydrogen) atoms. The second kappa shape index (κ2) is 9.47. The molecular formula is C25H23F2N5O3. The molecule has 4 aromatic rings. The largest absolute Gasteiger partial charge is 0.382 e. The van der Waals surface area contributed by atoms with E-state index in [9.17, 15) is 18.7 Å². The summed E-state index contributed by atoms with van der Waals surface area (Å²) in [6, 6.07) is 10.2. The van der Waals surface area contributed by atoms with Crippen LogP contribution in [0.3, 0.4) is 0 Å². The molecule has 10 heteroatoms. The fourth-order valence-electron chi connectivity index (χ4n) is 4.23. The summed E-state index contributed by atoms with van der Waals surface area (Å²) >= 11 is 0. The Balaban J connectivity index is 1.58. The second-order valence-electron chi connectivity index (χ2n) is 8.19. The average molecular weight is 479 g/mol. The lowest BCUT2D eigenvalue weighted by Crippen LogP contribution is -2.36. The van der Waals surface area contributed by atoms with Crippen LogP contribution in [0.4, 0.5) is 14.5 Å². The van der Waals surface area contributed by atoms with Gasteiger partial charge in [0.25, 0.3) is 5.56 Å². The molecule has 5 rings (SSSR count). The van der Waals surface area contributed by atoms with Gasteiger partial charge in [-0.05, 0) is 37.3 Å². The fourth-order valence-corrected chi connectivity index (χ4v) is 4.23. The number of hydrogen-bond donors (Lipinski definition) is 1. The van der Waals surface area contributed by atoms with Gasteiger partial charge in [-0.2, -0.15) is 5.10 Å². The van der Waals surface area contributed by atoms with Crippen molar-refractivity contribution in [1.82, 2.24) is 19.7 Å². The monoisotopic (exact) mass is 479 g/mol. The van der Waals surface area contributed by atoms with E-state index in [0.29, 0.717) is 24.1 Å². The third-order valence-corrected chi connectivity index (χ3v) is 6.10. The van der Waals surface area contributed by atoms with Crippen molar-refractivity contribution in [1.29, 1.82) is 0 Å². The Hall–Kier alpha value is -3.76. The standard InChI is InChI=1S/C25H23F2N5O3/c1-2-32-23(33)6-5-21(30-32)25(34)18-12-17(19(26)13-20(18)27)24-16-4-3-15(11-22(16)28-14-29-24)31-7-9-35-10-8-31/h3-6,11-14,25,34H,2,7-10H2,1H3. The predicted molar refractivity (Wildman–Crippen MR) is 126 cm³/mol. The smallest absolute Gasteiger partial charge is 0.266 e. The van der Waals surface area contributed by atoms with Crippen LogP contribution in [-0.4, -0.2) is 51.2 Å². The molecule has 8 nitrogen and oxygen atoms in total. The van der Waals surface area contributed by atoms with Gasteiger partial charge in [-0.3, -0.25) is 4.79 Å². The third-order valence-electron chi connectivity index (χ3n) is 6.10. The van der Waals surface area contributed by atoms with Gasteiger partial charge in [-0.1, -0.05) is 0 Å². The highest BCUT2D eigenvalue weighted by atomic mass is 19.1. The molecular weight excluding hydrogens is 456 g/mol. The molecule has 2 aromatic heterocycles. The molecule has 2 aromatic carbocycles. The van der Waals surface area contributed by atoms with E-state index in [1.54, 1.807) is 6.92 Å². The van der Waals surface area contributed by atoms with E-state index in [2.05, 4.69) is 20.0 Å². The van der Waals surface area contributed by atoms with Crippen LogP contribution in [0.25, 0.3) is 22.2 Å². The first-order valence-corrected chi connectivity index (χ1v) is 11.3. The number of benzene rings is 2. The number of aryl methyl sites for hydroxylation is 1. The van der Waals surface area contributed by atoms with Gasteiger partial charge < -0.3 is 14.7 Å². The maximum Gasteiger partial charge on any atom is 0.266 e. The minimum Gasteiger partial charge on any atom is -0.382 e. The molecule has 180 valence electrons. The summed E-state index contributed by atoms with van der Waals surface area (Å²) in [6.45, 7) is 4.82. The normalized spacial score (nSPS) is 14.9. The molecule has 3 heterocycles. The van der Waals surface area contributed by atoms with Crippen LogP contribution in [0.1, 0.15) is 24.3 Å². The van der Waals surface area contributed by atoms with Gasteiger partial charge in [0.1, 0.15) is 24.1 Å². The number of morpholine rings is 1. The Bertz CT molecular complexity index is 1450. The summed E-state index contributed by atoms with van der Waals surface area (Å²) in [6.07, 6.45) is -0.174. The molecule has 0 amide bonds. The van der Waals surface area contributed by atoms with Crippen LogP contribution >= 0.6 is 0 Å². The first-order chi connectivity index (χ1) is 17.0. The lowest BCUT2D eigenvalue weighted by Gasteiger charge is -2.29. The Labute approximate surface area is 199 Å². The first kappa shape index (κ1) is 23.0. The Morgan fingerprint density at radius 3 is 2.63 bits per heavy atom. The van der Waals surface area contributed by atoms with E-state index in [4.69, 9.17) is 4.74 Å². The molecule has 0 radical (unpaired) electrons. The number of aliphatic hydroxyl groups is 1. The Morgan fingerprint density at radius 1 is 1.06 bits per heavy atom. The van der Waals surface area contributed by atoms with Crippen molar-refractivity contribution in [3.63, 3.8) is 0 Å². The topological polar surface area (TPSA) is 93.4 Å². The number of ether oxygens (including phenoxy) is 1. The van der Waals surface area contributed by atoms with Gasteiger partial charge in [-0.25, -0.2) is 23.4 Å². The summed E-state index contributed by atoms with van der Waals surface area (Å²) in [4.78, 5) is 22.6. The highest BCUT2D eigenvalue weighted by Gasteiger charge is 2.22. The fraction of sp³-hybridized carbons (Fsp3) is 0.280. The highest BCUT2D eigenvalue weighted by Crippen LogP contribution is 2.34. The molecule has 1 saturated heterocycles. The van der Waals surface area contributed by atoms with E-state index in [-0.39, 0.29) is 34.6 Å². The van der Waals surface area contributed by atoms with Crippen molar-refractivity contribution in [2.24, 2.45) is 0 Å². The zero-order valence-corrected chi connectivity index (χ0v) is 19.0. The van der Waals surface area contributed by atoms with Crippen LogP contribution in [0, 0.1) is 11.6 Å². The highest BCUT2D eigenvalue weighted by molar-refractivity contribution is 5.94. The number of fused-ring (bicyclic) bond motifs is 1. The molecule has 1 N–H and O–H groups in total. The van der Waals surface area contributed by atoms with Crippen molar-refractivity contribution in [3.8, 4) is 11.3 Å². The number of nitrogens with zero attached hydrogens (tertiary/aromatic N) is 5. The van der Waals surface area contributed by atoms with E-state index in [1.807, 2.05) is 18.2 Å². The number of aliphatic hydroxyl groups excluding tert-OH is 1. The summed E-state index contributed by atoms with van der Waals surface area (Å²) in [5.74, 6) is -1.75. The maximum absolute atomic E-state index is 15.0. The number of rotatable bonds is 5. The van der Waals surface area contributed by atoms with Crippen molar-refractivity contribution >= 4 is 16.6 Å². The average Bonchev–Trinajstić information content (AvgIpc) is 2.88. The van der Waals surface area contributed by atoms with E-state index < -0.39 is 17.7 Å². The molecule has 1 unspecified atom stereocenters. The zero-order chi connectivity index (χ0) is 24.5. The minimum atomic E-state index is -1.51. The SMILES string of the molecule is CCn1nc(C(O)c2cc(-c3ncnc4cc(N5CCOCC5)ccc34)c(F)cc2F)ccc1=O. The van der Waals surface area contributed by atoms with Crippen molar-refractivity contribution in [3.05, 3.63) is 82.0 Å². The first-order valence-electron chi connectivity index (χ1n) is 11.3. The molecule has 1 atom stereocenters. The van der Waals surface area contributed by atoms with Gasteiger partial charge in [0.15, 0.2) is 0 Å². The number of anilines is 1. The zero-order valence-electron chi connectivity index (χ0n) is 19.0. The van der Waals surface area contributed by atoms with Gasteiger partial charge >= 0.3 is 0 Å². The molecule has 1 fully saturated rings.